The second kappa shape index (κ2) is 7.86. The molecule has 0 bridgehead atoms. The number of amides is 1. The molecule has 0 saturated heterocycles. The zero-order valence-corrected chi connectivity index (χ0v) is 12.2. The van der Waals surface area contributed by atoms with Gasteiger partial charge in [0.1, 0.15) is 5.82 Å². The molecule has 3 aromatic carbocycles. The van der Waals surface area contributed by atoms with Crippen molar-refractivity contribution in [2.75, 3.05) is 0 Å². The van der Waals surface area contributed by atoms with Gasteiger partial charge in [0, 0.05) is 16.3 Å². The summed E-state index contributed by atoms with van der Waals surface area (Å²) in [5.74, 6) is 3.88. The lowest BCUT2D eigenvalue weighted by Crippen LogP contribution is -2.29. The van der Waals surface area contributed by atoms with Crippen LogP contribution in [0.4, 0.5) is 4.39 Å². The fraction of sp³-hybridized carbons (Fsp3) is 0. The van der Waals surface area contributed by atoms with Crippen molar-refractivity contribution in [1.29, 1.82) is 0 Å². The third-order valence-electron chi connectivity index (χ3n) is 3.05. The Morgan fingerprint density at radius 2 is 1.42 bits per heavy atom. The van der Waals surface area contributed by atoms with E-state index in [-0.39, 0.29) is 21.8 Å². The SMILES string of the molecule is NNC(=O)c1cccc(F)c1.O.O=c1c(=O)c2ccccc2c1=O. The molecule has 0 aromatic heterocycles. The first-order chi connectivity index (χ1) is 11.0. The minimum atomic E-state index is -0.920. The largest absolute Gasteiger partial charge is 0.412 e. The van der Waals surface area contributed by atoms with Crippen LogP contribution in [0.1, 0.15) is 10.4 Å². The number of nitrogen functional groups attached to an aromatic ring is 1. The number of benzene rings is 2. The van der Waals surface area contributed by atoms with Gasteiger partial charge in [-0.15, -0.1) is 0 Å². The van der Waals surface area contributed by atoms with Gasteiger partial charge in [-0.2, -0.15) is 0 Å². The van der Waals surface area contributed by atoms with Gasteiger partial charge in [0.15, 0.2) is 0 Å². The van der Waals surface area contributed by atoms with E-state index in [1.807, 2.05) is 5.43 Å². The highest BCUT2D eigenvalue weighted by molar-refractivity contribution is 5.93. The first-order valence-electron chi connectivity index (χ1n) is 6.44. The maximum atomic E-state index is 12.4. The molecule has 0 fully saturated rings. The van der Waals surface area contributed by atoms with E-state index in [4.69, 9.17) is 5.84 Å². The van der Waals surface area contributed by atoms with E-state index in [0.29, 0.717) is 0 Å². The zero-order valence-electron chi connectivity index (χ0n) is 12.2. The highest BCUT2D eigenvalue weighted by Crippen LogP contribution is 2.02. The Morgan fingerprint density at radius 1 is 0.875 bits per heavy atom. The van der Waals surface area contributed by atoms with Gasteiger partial charge in [0.05, 0.1) is 0 Å². The van der Waals surface area contributed by atoms with Crippen molar-refractivity contribution in [2.45, 2.75) is 0 Å². The number of hydrogen-bond donors (Lipinski definition) is 2. The predicted molar refractivity (Wildman–Crippen MR) is 86.8 cm³/mol. The Balaban J connectivity index is 0.000000232. The molecule has 0 unspecified atom stereocenters. The van der Waals surface area contributed by atoms with Crippen molar-refractivity contribution >= 4 is 16.7 Å². The smallest absolute Gasteiger partial charge is 0.273 e. The van der Waals surface area contributed by atoms with E-state index in [2.05, 4.69) is 0 Å². The molecule has 8 heteroatoms. The standard InChI is InChI=1S/C9H4O3.C7H7FN2O.H2O/c10-7-5-3-1-2-4-6(5)8(11)9(7)12;8-6-3-1-2-5(4-6)7(11)10-9;/h1-4H;1-4H,9H2,(H,10,11);1H2. The first-order valence-corrected chi connectivity index (χ1v) is 6.44. The van der Waals surface area contributed by atoms with Crippen LogP contribution in [0.5, 0.6) is 0 Å². The normalized spacial score (nSPS) is 9.58. The number of nitrogens with two attached hydrogens (primary N) is 1. The van der Waals surface area contributed by atoms with Crippen LogP contribution in [-0.2, 0) is 0 Å². The first kappa shape index (κ1) is 18.8. The summed E-state index contributed by atoms with van der Waals surface area (Å²) in [6, 6.07) is 11.5. The lowest BCUT2D eigenvalue weighted by atomic mass is 10.2. The van der Waals surface area contributed by atoms with Gasteiger partial charge in [0.2, 0.25) is 10.9 Å². The Bertz CT molecular complexity index is 959. The van der Waals surface area contributed by atoms with Crippen LogP contribution in [0.2, 0.25) is 0 Å². The second-order valence-corrected chi connectivity index (χ2v) is 4.52. The van der Waals surface area contributed by atoms with Crippen molar-refractivity contribution in [3.63, 3.8) is 0 Å². The van der Waals surface area contributed by atoms with Crippen molar-refractivity contribution in [3.8, 4) is 0 Å². The fourth-order valence-electron chi connectivity index (χ4n) is 1.94. The van der Waals surface area contributed by atoms with E-state index in [0.717, 1.165) is 6.07 Å². The molecule has 3 aromatic rings. The van der Waals surface area contributed by atoms with Crippen LogP contribution in [0, 0.1) is 5.82 Å². The molecule has 0 spiro atoms. The van der Waals surface area contributed by atoms with Crippen molar-refractivity contribution < 1.29 is 14.7 Å². The molecule has 3 rings (SSSR count). The average Bonchev–Trinajstić information content (AvgIpc) is 2.80. The maximum absolute atomic E-state index is 12.4. The van der Waals surface area contributed by atoms with Gasteiger partial charge in [-0.1, -0.05) is 30.3 Å². The molecular weight excluding hydrogens is 319 g/mol. The highest BCUT2D eigenvalue weighted by atomic mass is 19.1. The zero-order chi connectivity index (χ0) is 17.0. The van der Waals surface area contributed by atoms with Crippen LogP contribution < -0.4 is 27.6 Å². The molecule has 0 radical (unpaired) electrons. The van der Waals surface area contributed by atoms with Crippen LogP contribution >= 0.6 is 0 Å². The number of carbonyl (C=O) groups excluding carboxylic acids is 1. The summed E-state index contributed by atoms with van der Waals surface area (Å²) in [5, 5.41) is 0.458. The molecule has 5 N–H and O–H groups in total. The Hall–Kier alpha value is -3.23. The third-order valence-corrected chi connectivity index (χ3v) is 3.05. The Labute approximate surface area is 134 Å². The number of fused-ring (bicyclic) bond motifs is 1. The molecular formula is C16H13FN2O5. The summed E-state index contributed by atoms with van der Waals surface area (Å²) >= 11 is 0. The number of hydrazine groups is 1. The van der Waals surface area contributed by atoms with E-state index < -0.39 is 28.0 Å². The summed E-state index contributed by atoms with van der Waals surface area (Å²) in [7, 11) is 0. The summed E-state index contributed by atoms with van der Waals surface area (Å²) in [6.07, 6.45) is 0. The second-order valence-electron chi connectivity index (χ2n) is 4.52. The highest BCUT2D eigenvalue weighted by Gasteiger charge is 2.09. The molecule has 0 heterocycles. The lowest BCUT2D eigenvalue weighted by molar-refractivity contribution is 0.0953. The van der Waals surface area contributed by atoms with Crippen molar-refractivity contribution in [1.82, 2.24) is 5.43 Å². The monoisotopic (exact) mass is 332 g/mol. The summed E-state index contributed by atoms with van der Waals surface area (Å²) in [5.41, 5.74) is -0.171. The van der Waals surface area contributed by atoms with Crippen LogP contribution in [0.25, 0.3) is 10.8 Å². The van der Waals surface area contributed by atoms with Crippen molar-refractivity contribution in [3.05, 3.63) is 90.6 Å². The predicted octanol–water partition coefficient (Wildman–Crippen LogP) is -0.600. The van der Waals surface area contributed by atoms with Gasteiger partial charge >= 0.3 is 0 Å². The van der Waals surface area contributed by atoms with Crippen LogP contribution in [0.3, 0.4) is 0 Å². The third kappa shape index (κ3) is 3.75. The number of halogens is 1. The molecule has 124 valence electrons. The van der Waals surface area contributed by atoms with Gasteiger partial charge in [-0.05, 0) is 18.2 Å². The summed E-state index contributed by atoms with van der Waals surface area (Å²) in [6.45, 7) is 0. The Kier molecular flexibility index (Phi) is 6.16. The molecule has 7 nitrogen and oxygen atoms in total. The Morgan fingerprint density at radius 3 is 1.88 bits per heavy atom. The quantitative estimate of drug-likeness (QED) is 0.265. The van der Waals surface area contributed by atoms with E-state index in [1.165, 1.54) is 30.3 Å². The van der Waals surface area contributed by atoms with E-state index >= 15 is 0 Å². The number of carbonyl (C=O) groups is 1. The van der Waals surface area contributed by atoms with E-state index in [1.54, 1.807) is 12.1 Å². The van der Waals surface area contributed by atoms with Gasteiger partial charge < -0.3 is 5.48 Å². The maximum Gasteiger partial charge on any atom is 0.273 e. The lowest BCUT2D eigenvalue weighted by Gasteiger charge is -1.97. The van der Waals surface area contributed by atoms with Crippen LogP contribution in [-0.4, -0.2) is 11.4 Å². The average molecular weight is 332 g/mol. The minimum Gasteiger partial charge on any atom is -0.412 e. The van der Waals surface area contributed by atoms with E-state index in [9.17, 15) is 23.6 Å². The van der Waals surface area contributed by atoms with Gasteiger partial charge in [0.25, 0.3) is 11.3 Å². The number of hydrogen-bond acceptors (Lipinski definition) is 5. The molecule has 0 aliphatic heterocycles. The van der Waals surface area contributed by atoms with Crippen molar-refractivity contribution in [2.24, 2.45) is 5.84 Å². The summed E-state index contributed by atoms with van der Waals surface area (Å²) < 4.78 is 12.4. The molecule has 0 aliphatic carbocycles. The summed E-state index contributed by atoms with van der Waals surface area (Å²) in [4.78, 5) is 43.7. The fourth-order valence-corrected chi connectivity index (χ4v) is 1.94. The molecule has 24 heavy (non-hydrogen) atoms. The molecule has 1 amide bonds. The molecule has 0 saturated carbocycles. The number of nitrogens with one attached hydrogen (secondary N) is 1. The molecule has 0 aliphatic rings. The van der Waals surface area contributed by atoms with Gasteiger partial charge in [-0.3, -0.25) is 24.6 Å². The molecule has 0 atom stereocenters. The number of rotatable bonds is 1. The van der Waals surface area contributed by atoms with Gasteiger partial charge in [-0.25, -0.2) is 10.2 Å². The van der Waals surface area contributed by atoms with Crippen LogP contribution in [0.15, 0.2) is 62.9 Å². The minimum absolute atomic E-state index is 0. The topological polar surface area (TPSA) is 138 Å².